The summed E-state index contributed by atoms with van der Waals surface area (Å²) < 4.78 is 54.7. The van der Waals surface area contributed by atoms with Crippen molar-refractivity contribution in [2.45, 2.75) is 9.79 Å². The van der Waals surface area contributed by atoms with E-state index < -0.39 is 44.2 Å². The Labute approximate surface area is 298 Å². The second-order valence-corrected chi connectivity index (χ2v) is 14.0. The highest BCUT2D eigenvalue weighted by Gasteiger charge is 2.20. The zero-order chi connectivity index (χ0) is 37.1. The number of carbonyl (C=O) groups is 4. The van der Waals surface area contributed by atoms with Crippen LogP contribution in [0.3, 0.4) is 0 Å². The van der Waals surface area contributed by atoms with E-state index in [1.54, 1.807) is 60.7 Å². The molecule has 0 bridgehead atoms. The first-order valence-electron chi connectivity index (χ1n) is 15.1. The first-order chi connectivity index (χ1) is 24.8. The minimum Gasteiger partial charge on any atom is -0.308 e. The molecule has 8 N–H and O–H groups in total. The van der Waals surface area contributed by atoms with Crippen molar-refractivity contribution in [1.29, 1.82) is 0 Å². The zero-order valence-corrected chi connectivity index (χ0v) is 28.4. The number of rotatable bonds is 10. The maximum atomic E-state index is 12.7. The third-order valence-corrected chi connectivity index (χ3v) is 9.46. The fourth-order valence-electron chi connectivity index (χ4n) is 4.38. The molecule has 0 saturated carbocycles. The Morgan fingerprint density at radius 3 is 0.827 bits per heavy atom. The molecule has 0 spiro atoms. The second kappa shape index (κ2) is 16.2. The summed E-state index contributed by atoms with van der Waals surface area (Å²) in [4.78, 5) is 48.8. The minimum absolute atomic E-state index is 0.154. The summed E-state index contributed by atoms with van der Waals surface area (Å²) in [7, 11) is -8.58. The molecule has 0 heterocycles. The van der Waals surface area contributed by atoms with Gasteiger partial charge in [0.1, 0.15) is 0 Å². The van der Waals surface area contributed by atoms with Gasteiger partial charge in [-0.1, -0.05) is 36.4 Å². The number of hydrogen-bond acceptors (Lipinski definition) is 8. The molecule has 8 amide bonds. The van der Waals surface area contributed by atoms with Crippen LogP contribution in [0.1, 0.15) is 0 Å². The zero-order valence-electron chi connectivity index (χ0n) is 26.8. The van der Waals surface area contributed by atoms with Gasteiger partial charge in [0.25, 0.3) is 20.0 Å². The van der Waals surface area contributed by atoms with Crippen molar-refractivity contribution in [3.63, 3.8) is 0 Å². The van der Waals surface area contributed by atoms with Gasteiger partial charge < -0.3 is 31.9 Å². The van der Waals surface area contributed by atoms with Crippen molar-refractivity contribution in [3.05, 3.63) is 133 Å². The molecule has 0 fully saturated rings. The molecule has 5 aromatic rings. The fourth-order valence-corrected chi connectivity index (χ4v) is 6.19. The van der Waals surface area contributed by atoms with E-state index in [1.807, 2.05) is 9.44 Å². The Hall–Kier alpha value is -6.92. The molecule has 0 aliphatic carbocycles. The predicted molar refractivity (Wildman–Crippen MR) is 196 cm³/mol. The van der Waals surface area contributed by atoms with Gasteiger partial charge in [-0.15, -0.1) is 0 Å². The minimum atomic E-state index is -4.29. The van der Waals surface area contributed by atoms with Crippen molar-refractivity contribution in [3.8, 4) is 0 Å². The predicted octanol–water partition coefficient (Wildman–Crippen LogP) is 6.00. The van der Waals surface area contributed by atoms with E-state index in [0.29, 0.717) is 22.7 Å². The molecular weight excluding hydrogens is 713 g/mol. The van der Waals surface area contributed by atoms with Gasteiger partial charge in [0, 0.05) is 34.1 Å². The van der Waals surface area contributed by atoms with E-state index >= 15 is 0 Å². The summed E-state index contributed by atoms with van der Waals surface area (Å²) in [6, 6.07) is 29.8. The molecule has 18 heteroatoms. The number of carbonyl (C=O) groups excluding carboxylic acids is 4. The largest absolute Gasteiger partial charge is 0.333 e. The highest BCUT2D eigenvalue weighted by molar-refractivity contribution is 7.90. The summed E-state index contributed by atoms with van der Waals surface area (Å²) in [5, 5.41) is 15.1. The van der Waals surface area contributed by atoms with Crippen LogP contribution in [0.4, 0.5) is 53.3 Å². The Morgan fingerprint density at radius 2 is 0.538 bits per heavy atom. The molecule has 0 aliphatic rings. The number of sulfonamides is 2. The third kappa shape index (κ3) is 10.5. The number of amides is 8. The maximum absolute atomic E-state index is 12.7. The van der Waals surface area contributed by atoms with Gasteiger partial charge in [0.15, 0.2) is 0 Å². The summed E-state index contributed by atoms with van der Waals surface area (Å²) in [6.07, 6.45) is 0. The quantitative estimate of drug-likeness (QED) is 0.0844. The highest BCUT2D eigenvalue weighted by Crippen LogP contribution is 2.18. The van der Waals surface area contributed by atoms with E-state index in [2.05, 4.69) is 31.9 Å². The molecule has 5 rings (SSSR count). The molecule has 5 aromatic carbocycles. The monoisotopic (exact) mass is 742 g/mol. The van der Waals surface area contributed by atoms with Gasteiger partial charge in [-0.25, -0.2) is 45.5 Å². The lowest BCUT2D eigenvalue weighted by molar-refractivity contribution is 0.255. The topological polar surface area (TPSA) is 233 Å². The van der Waals surface area contributed by atoms with E-state index in [9.17, 15) is 36.0 Å². The fraction of sp³-hybridized carbons (Fsp3) is 0. The molecule has 0 saturated heterocycles. The second-order valence-electron chi connectivity index (χ2n) is 10.6. The van der Waals surface area contributed by atoms with Crippen LogP contribution in [-0.2, 0) is 20.0 Å². The Morgan fingerprint density at radius 1 is 0.308 bits per heavy atom. The van der Waals surface area contributed by atoms with Crippen molar-refractivity contribution in [2.75, 3.05) is 31.9 Å². The van der Waals surface area contributed by atoms with Crippen LogP contribution in [0.2, 0.25) is 0 Å². The molecule has 0 aliphatic heterocycles. The number of urea groups is 4. The van der Waals surface area contributed by atoms with Crippen molar-refractivity contribution in [1.82, 2.24) is 9.44 Å². The number of hydrogen-bond donors (Lipinski definition) is 8. The van der Waals surface area contributed by atoms with Gasteiger partial charge in [-0.3, -0.25) is 0 Å². The molecule has 0 radical (unpaired) electrons. The molecule has 266 valence electrons. The standard InChI is InChI=1S/C34H30N8O8S2/c43-31(35-23-7-3-1-4-8-23)37-27-15-19-29(20-16-27)51(47,48)41-33(45)39-25-11-13-26(14-12-25)40-34(46)42-52(49,50)30-21-17-28(18-22-30)38-32(44)36-24-9-5-2-6-10-24/h1-22H,(H2,35,37,43)(H2,36,38,44)(H2,39,41,45)(H2,40,42,46). The first kappa shape index (κ1) is 36.4. The summed E-state index contributed by atoms with van der Waals surface area (Å²) in [5.41, 5.74) is 2.06. The van der Waals surface area contributed by atoms with Crippen LogP contribution in [0.5, 0.6) is 0 Å². The summed E-state index contributed by atoms with van der Waals surface area (Å²) in [5.74, 6) is 0. The molecule has 16 nitrogen and oxygen atoms in total. The van der Waals surface area contributed by atoms with E-state index in [1.165, 1.54) is 72.8 Å². The van der Waals surface area contributed by atoms with Crippen LogP contribution < -0.4 is 41.3 Å². The van der Waals surface area contributed by atoms with Gasteiger partial charge in [-0.05, 0) is 97.1 Å². The van der Waals surface area contributed by atoms with E-state index in [4.69, 9.17) is 0 Å². The highest BCUT2D eigenvalue weighted by atomic mass is 32.2. The van der Waals surface area contributed by atoms with Gasteiger partial charge >= 0.3 is 24.1 Å². The third-order valence-electron chi connectivity index (χ3n) is 6.76. The molecular formula is C34H30N8O8S2. The van der Waals surface area contributed by atoms with Gasteiger partial charge in [-0.2, -0.15) is 0 Å². The average molecular weight is 743 g/mol. The van der Waals surface area contributed by atoms with Crippen LogP contribution >= 0.6 is 0 Å². The lowest BCUT2D eigenvalue weighted by atomic mass is 10.3. The van der Waals surface area contributed by atoms with Crippen molar-refractivity contribution < 1.29 is 36.0 Å². The van der Waals surface area contributed by atoms with Gasteiger partial charge in [0.2, 0.25) is 0 Å². The maximum Gasteiger partial charge on any atom is 0.333 e. The van der Waals surface area contributed by atoms with Crippen LogP contribution in [0.15, 0.2) is 143 Å². The average Bonchev–Trinajstić information content (AvgIpc) is 3.10. The van der Waals surface area contributed by atoms with Gasteiger partial charge in [0.05, 0.1) is 9.79 Å². The molecule has 0 aromatic heterocycles. The number of anilines is 6. The number of nitrogens with one attached hydrogen (secondary N) is 8. The Kier molecular flexibility index (Phi) is 11.3. The SMILES string of the molecule is O=C(Nc1ccccc1)Nc1ccc(S(=O)(=O)NC(=O)Nc2ccc(NC(=O)NS(=O)(=O)c3ccc(NC(=O)Nc4ccccc4)cc3)cc2)cc1. The summed E-state index contributed by atoms with van der Waals surface area (Å²) in [6.45, 7) is 0. The van der Waals surface area contributed by atoms with Crippen LogP contribution in [-0.4, -0.2) is 41.0 Å². The van der Waals surface area contributed by atoms with Crippen LogP contribution in [0.25, 0.3) is 0 Å². The number of benzene rings is 5. The lowest BCUT2D eigenvalue weighted by Crippen LogP contribution is -2.34. The van der Waals surface area contributed by atoms with Crippen molar-refractivity contribution >= 4 is 78.3 Å². The van der Waals surface area contributed by atoms with E-state index in [-0.39, 0.29) is 21.2 Å². The van der Waals surface area contributed by atoms with Crippen molar-refractivity contribution in [2.24, 2.45) is 0 Å². The first-order valence-corrected chi connectivity index (χ1v) is 18.1. The van der Waals surface area contributed by atoms with E-state index in [0.717, 1.165) is 0 Å². The normalized spacial score (nSPS) is 10.9. The smallest absolute Gasteiger partial charge is 0.308 e. The molecule has 0 unspecified atom stereocenters. The molecule has 0 atom stereocenters. The lowest BCUT2D eigenvalue weighted by Gasteiger charge is -2.12. The Balaban J connectivity index is 1.07. The molecule has 52 heavy (non-hydrogen) atoms. The van der Waals surface area contributed by atoms with Crippen LogP contribution in [0, 0.1) is 0 Å². The Bertz CT molecular complexity index is 2110. The summed E-state index contributed by atoms with van der Waals surface area (Å²) >= 11 is 0. The number of para-hydroxylation sites is 2.